The molecule has 1 aliphatic heterocycles. The fraction of sp³-hybridized carbons (Fsp3) is 0.455. The van der Waals surface area contributed by atoms with Gasteiger partial charge in [0.1, 0.15) is 5.82 Å². The zero-order valence-corrected chi connectivity index (χ0v) is 19.4. The first-order valence-electron chi connectivity index (χ1n) is 9.78. The van der Waals surface area contributed by atoms with Crippen LogP contribution in [0.1, 0.15) is 37.8 Å². The SMILES string of the molecule is CN=C(NCc1ccc(N2CCCC2)nc1)NCC(C)(C)c1ccccc1.I. The number of hydrogen-bond acceptors (Lipinski definition) is 3. The van der Waals surface area contributed by atoms with Gasteiger partial charge in [-0.25, -0.2) is 4.98 Å². The first-order valence-corrected chi connectivity index (χ1v) is 9.78. The molecule has 2 N–H and O–H groups in total. The van der Waals surface area contributed by atoms with E-state index < -0.39 is 0 Å². The van der Waals surface area contributed by atoms with Crippen LogP contribution in [0, 0.1) is 0 Å². The zero-order valence-electron chi connectivity index (χ0n) is 17.1. The van der Waals surface area contributed by atoms with Gasteiger partial charge in [-0.1, -0.05) is 50.2 Å². The van der Waals surface area contributed by atoms with Crippen molar-refractivity contribution in [3.8, 4) is 0 Å². The van der Waals surface area contributed by atoms with E-state index >= 15 is 0 Å². The molecular weight excluding hydrogens is 461 g/mol. The molecule has 3 rings (SSSR count). The fourth-order valence-corrected chi connectivity index (χ4v) is 3.36. The van der Waals surface area contributed by atoms with Gasteiger partial charge in [-0.05, 0) is 30.0 Å². The molecule has 0 bridgehead atoms. The van der Waals surface area contributed by atoms with Crippen molar-refractivity contribution in [1.29, 1.82) is 0 Å². The lowest BCUT2D eigenvalue weighted by Crippen LogP contribution is -2.43. The number of aliphatic imine (C=N–C) groups is 1. The van der Waals surface area contributed by atoms with Crippen LogP contribution in [0.2, 0.25) is 0 Å². The Morgan fingerprint density at radius 1 is 1.07 bits per heavy atom. The number of benzene rings is 1. The second kappa shape index (κ2) is 10.6. The average molecular weight is 493 g/mol. The number of nitrogens with zero attached hydrogens (tertiary/aromatic N) is 3. The topological polar surface area (TPSA) is 52.6 Å². The Morgan fingerprint density at radius 2 is 1.79 bits per heavy atom. The second-order valence-corrected chi connectivity index (χ2v) is 7.75. The summed E-state index contributed by atoms with van der Waals surface area (Å²) in [6, 6.07) is 14.8. The van der Waals surface area contributed by atoms with Gasteiger partial charge < -0.3 is 15.5 Å². The summed E-state index contributed by atoms with van der Waals surface area (Å²) in [6.07, 6.45) is 4.50. The van der Waals surface area contributed by atoms with Gasteiger partial charge in [-0.15, -0.1) is 24.0 Å². The predicted molar refractivity (Wildman–Crippen MR) is 129 cm³/mol. The number of aromatic nitrogens is 1. The summed E-state index contributed by atoms with van der Waals surface area (Å²) in [7, 11) is 1.81. The van der Waals surface area contributed by atoms with E-state index in [1.54, 1.807) is 7.05 Å². The van der Waals surface area contributed by atoms with Gasteiger partial charge >= 0.3 is 0 Å². The maximum absolute atomic E-state index is 4.62. The molecule has 0 radical (unpaired) electrons. The first kappa shape index (κ1) is 22.5. The van der Waals surface area contributed by atoms with Crippen molar-refractivity contribution in [1.82, 2.24) is 15.6 Å². The summed E-state index contributed by atoms with van der Waals surface area (Å²) in [5.41, 5.74) is 2.50. The van der Waals surface area contributed by atoms with Gasteiger partial charge in [-0.3, -0.25) is 4.99 Å². The highest BCUT2D eigenvalue weighted by atomic mass is 127. The summed E-state index contributed by atoms with van der Waals surface area (Å²) in [4.78, 5) is 11.3. The molecule has 1 aromatic heterocycles. The highest BCUT2D eigenvalue weighted by Crippen LogP contribution is 2.21. The number of anilines is 1. The molecule has 0 aliphatic carbocycles. The third-order valence-electron chi connectivity index (χ3n) is 5.18. The summed E-state index contributed by atoms with van der Waals surface area (Å²) in [5.74, 6) is 1.89. The van der Waals surface area contributed by atoms with Gasteiger partial charge in [-0.2, -0.15) is 0 Å². The Bertz CT molecular complexity index is 737. The molecule has 0 amide bonds. The van der Waals surface area contributed by atoms with E-state index in [4.69, 9.17) is 0 Å². The third kappa shape index (κ3) is 6.09. The molecule has 0 spiro atoms. The van der Waals surface area contributed by atoms with Gasteiger partial charge in [0.2, 0.25) is 0 Å². The molecule has 1 fully saturated rings. The monoisotopic (exact) mass is 493 g/mol. The molecule has 2 aromatic rings. The standard InChI is InChI=1S/C22H31N5.HI/c1-22(2,19-9-5-4-6-10-19)17-26-21(23-3)25-16-18-11-12-20(24-15-18)27-13-7-8-14-27;/h4-6,9-12,15H,7-8,13-14,16-17H2,1-3H3,(H2,23,25,26);1H. The van der Waals surface area contributed by atoms with Crippen molar-refractivity contribution in [2.45, 2.75) is 38.6 Å². The number of pyridine rings is 1. The number of guanidine groups is 1. The van der Waals surface area contributed by atoms with Crippen molar-refractivity contribution in [2.75, 3.05) is 31.6 Å². The van der Waals surface area contributed by atoms with E-state index in [0.717, 1.165) is 37.0 Å². The Balaban J connectivity index is 0.00000280. The van der Waals surface area contributed by atoms with Crippen LogP contribution in [-0.4, -0.2) is 37.6 Å². The lowest BCUT2D eigenvalue weighted by Gasteiger charge is -2.26. The molecule has 152 valence electrons. The van der Waals surface area contributed by atoms with Crippen LogP contribution in [0.5, 0.6) is 0 Å². The number of nitrogens with one attached hydrogen (secondary N) is 2. The maximum Gasteiger partial charge on any atom is 0.191 e. The van der Waals surface area contributed by atoms with E-state index in [1.165, 1.54) is 18.4 Å². The lowest BCUT2D eigenvalue weighted by atomic mass is 9.85. The zero-order chi connectivity index (χ0) is 19.1. The Morgan fingerprint density at radius 3 is 2.39 bits per heavy atom. The maximum atomic E-state index is 4.62. The summed E-state index contributed by atoms with van der Waals surface area (Å²) < 4.78 is 0. The highest BCUT2D eigenvalue weighted by Gasteiger charge is 2.20. The van der Waals surface area contributed by atoms with Crippen molar-refractivity contribution in [2.24, 2.45) is 4.99 Å². The molecule has 1 aromatic carbocycles. The van der Waals surface area contributed by atoms with E-state index in [9.17, 15) is 0 Å². The van der Waals surface area contributed by atoms with Crippen molar-refractivity contribution in [3.05, 3.63) is 59.8 Å². The smallest absolute Gasteiger partial charge is 0.191 e. The molecule has 1 aliphatic rings. The number of hydrogen-bond donors (Lipinski definition) is 2. The summed E-state index contributed by atoms with van der Waals surface area (Å²) >= 11 is 0. The van der Waals surface area contributed by atoms with Crippen LogP contribution in [0.15, 0.2) is 53.7 Å². The number of rotatable bonds is 6. The van der Waals surface area contributed by atoms with Crippen LogP contribution < -0.4 is 15.5 Å². The van der Waals surface area contributed by atoms with Crippen molar-refractivity contribution in [3.63, 3.8) is 0 Å². The van der Waals surface area contributed by atoms with E-state index in [-0.39, 0.29) is 29.4 Å². The van der Waals surface area contributed by atoms with E-state index in [0.29, 0.717) is 6.54 Å². The average Bonchev–Trinajstić information content (AvgIpc) is 3.24. The molecule has 28 heavy (non-hydrogen) atoms. The predicted octanol–water partition coefficient (Wildman–Crippen LogP) is 3.94. The molecular formula is C22H32IN5. The number of halogens is 1. The molecule has 1 saturated heterocycles. The third-order valence-corrected chi connectivity index (χ3v) is 5.18. The normalized spacial score (nSPS) is 14.5. The van der Waals surface area contributed by atoms with Gasteiger partial charge in [0.15, 0.2) is 5.96 Å². The Labute approximate surface area is 186 Å². The van der Waals surface area contributed by atoms with Crippen molar-refractivity contribution < 1.29 is 0 Å². The minimum absolute atomic E-state index is 0. The Hall–Kier alpha value is -1.83. The van der Waals surface area contributed by atoms with Crippen LogP contribution in [0.4, 0.5) is 5.82 Å². The molecule has 6 heteroatoms. The quantitative estimate of drug-likeness (QED) is 0.364. The Kier molecular flexibility index (Phi) is 8.54. The fourth-order valence-electron chi connectivity index (χ4n) is 3.36. The molecule has 0 unspecified atom stereocenters. The van der Waals surface area contributed by atoms with Gasteiger partial charge in [0.05, 0.1) is 0 Å². The highest BCUT2D eigenvalue weighted by molar-refractivity contribution is 14.0. The van der Waals surface area contributed by atoms with E-state index in [2.05, 4.69) is 81.8 Å². The molecule has 0 atom stereocenters. The first-order chi connectivity index (χ1) is 13.1. The van der Waals surface area contributed by atoms with Crippen molar-refractivity contribution >= 4 is 35.8 Å². The summed E-state index contributed by atoms with van der Waals surface area (Å²) in [6.45, 7) is 8.24. The lowest BCUT2D eigenvalue weighted by molar-refractivity contribution is 0.508. The van der Waals surface area contributed by atoms with Crippen LogP contribution >= 0.6 is 24.0 Å². The minimum Gasteiger partial charge on any atom is -0.357 e. The van der Waals surface area contributed by atoms with Crippen LogP contribution in [-0.2, 0) is 12.0 Å². The molecule has 0 saturated carbocycles. The molecule has 5 nitrogen and oxygen atoms in total. The minimum atomic E-state index is 0. The van der Waals surface area contributed by atoms with Gasteiger partial charge in [0.25, 0.3) is 0 Å². The summed E-state index contributed by atoms with van der Waals surface area (Å²) in [5, 5.41) is 6.83. The second-order valence-electron chi connectivity index (χ2n) is 7.75. The van der Waals surface area contributed by atoms with E-state index in [1.807, 2.05) is 6.20 Å². The largest absolute Gasteiger partial charge is 0.357 e. The van der Waals surface area contributed by atoms with Crippen LogP contribution in [0.3, 0.4) is 0 Å². The van der Waals surface area contributed by atoms with Gasteiger partial charge in [0, 0.05) is 44.8 Å². The molecule has 2 heterocycles. The van der Waals surface area contributed by atoms with Crippen LogP contribution in [0.25, 0.3) is 0 Å².